The van der Waals surface area contributed by atoms with E-state index in [1.54, 1.807) is 17.4 Å². The lowest BCUT2D eigenvalue weighted by atomic mass is 10.3. The maximum atomic E-state index is 6.04. The molecule has 15 heavy (non-hydrogen) atoms. The van der Waals surface area contributed by atoms with Crippen molar-refractivity contribution in [2.75, 3.05) is 5.73 Å². The fraction of sp³-hybridized carbons (Fsp3) is 0.111. The van der Waals surface area contributed by atoms with E-state index < -0.39 is 0 Å². The van der Waals surface area contributed by atoms with Crippen LogP contribution in [0.2, 0.25) is 5.02 Å². The molecule has 0 fully saturated rings. The molecule has 1 aromatic carbocycles. The highest BCUT2D eigenvalue weighted by atomic mass is 35.5. The van der Waals surface area contributed by atoms with Gasteiger partial charge in [0.05, 0.1) is 5.02 Å². The quantitative estimate of drug-likeness (QED) is 0.840. The second-order valence-corrected chi connectivity index (χ2v) is 5.76. The van der Waals surface area contributed by atoms with Gasteiger partial charge in [-0.1, -0.05) is 34.7 Å². The Morgan fingerprint density at radius 1 is 1.40 bits per heavy atom. The zero-order valence-electron chi connectivity index (χ0n) is 7.90. The lowest BCUT2D eigenvalue weighted by molar-refractivity contribution is 0.984. The highest BCUT2D eigenvalue weighted by Crippen LogP contribution is 2.35. The summed E-state index contributed by atoms with van der Waals surface area (Å²) in [5.74, 6) is 0. The lowest BCUT2D eigenvalue weighted by Gasteiger charge is -2.01. The Morgan fingerprint density at radius 2 is 2.20 bits per heavy atom. The first-order valence-corrected chi connectivity index (χ1v) is 6.19. The minimum atomic E-state index is 0.646. The zero-order valence-corrected chi connectivity index (χ0v) is 10.3. The molecule has 78 valence electrons. The number of aryl methyl sites for hydroxylation is 1. The Kier molecular flexibility index (Phi) is 3.14. The van der Waals surface area contributed by atoms with Gasteiger partial charge in [0.25, 0.3) is 0 Å². The third-order valence-corrected chi connectivity index (χ3v) is 4.05. The van der Waals surface area contributed by atoms with Gasteiger partial charge in [0.15, 0.2) is 4.34 Å². The standard InChI is InChI=1S/C9H8ClN3S2/c1-5-12-13-9(14-5)15-8-3-2-6(11)4-7(8)10/h2-4H,11H2,1H3. The van der Waals surface area contributed by atoms with Crippen molar-refractivity contribution in [1.29, 1.82) is 0 Å². The van der Waals surface area contributed by atoms with Gasteiger partial charge in [-0.3, -0.25) is 0 Å². The number of hydrogen-bond acceptors (Lipinski definition) is 5. The van der Waals surface area contributed by atoms with Crippen LogP contribution < -0.4 is 5.73 Å². The van der Waals surface area contributed by atoms with Crippen LogP contribution in [0.4, 0.5) is 5.69 Å². The van der Waals surface area contributed by atoms with Gasteiger partial charge in [-0.2, -0.15) is 0 Å². The predicted molar refractivity (Wildman–Crippen MR) is 64.6 cm³/mol. The minimum Gasteiger partial charge on any atom is -0.399 e. The third-order valence-electron chi connectivity index (χ3n) is 1.66. The largest absolute Gasteiger partial charge is 0.399 e. The molecular formula is C9H8ClN3S2. The molecule has 2 aromatic rings. The van der Waals surface area contributed by atoms with E-state index >= 15 is 0 Å². The van der Waals surface area contributed by atoms with Crippen molar-refractivity contribution in [1.82, 2.24) is 10.2 Å². The van der Waals surface area contributed by atoms with Gasteiger partial charge < -0.3 is 5.73 Å². The van der Waals surface area contributed by atoms with Gasteiger partial charge in [0.1, 0.15) is 5.01 Å². The van der Waals surface area contributed by atoms with Gasteiger partial charge in [-0.25, -0.2) is 0 Å². The topological polar surface area (TPSA) is 51.8 Å². The maximum absolute atomic E-state index is 6.04. The molecule has 0 atom stereocenters. The summed E-state index contributed by atoms with van der Waals surface area (Å²) < 4.78 is 0.888. The van der Waals surface area contributed by atoms with Gasteiger partial charge in [0.2, 0.25) is 0 Å². The first-order valence-electron chi connectivity index (χ1n) is 4.18. The Morgan fingerprint density at radius 3 is 2.80 bits per heavy atom. The van der Waals surface area contributed by atoms with Crippen molar-refractivity contribution in [2.24, 2.45) is 0 Å². The van der Waals surface area contributed by atoms with E-state index in [-0.39, 0.29) is 0 Å². The molecule has 0 radical (unpaired) electrons. The van der Waals surface area contributed by atoms with E-state index in [2.05, 4.69) is 10.2 Å². The Hall–Kier alpha value is -0.780. The molecule has 0 bridgehead atoms. The van der Waals surface area contributed by atoms with Crippen LogP contribution in [0.1, 0.15) is 5.01 Å². The molecule has 2 N–H and O–H groups in total. The molecule has 0 aliphatic heterocycles. The second-order valence-electron chi connectivity index (χ2n) is 2.88. The summed E-state index contributed by atoms with van der Waals surface area (Å²) in [6, 6.07) is 5.44. The number of nitrogen functional groups attached to an aromatic ring is 1. The fourth-order valence-corrected chi connectivity index (χ4v) is 3.09. The monoisotopic (exact) mass is 257 g/mol. The number of aromatic nitrogens is 2. The van der Waals surface area contributed by atoms with E-state index in [1.807, 2.05) is 19.1 Å². The molecule has 0 spiro atoms. The third kappa shape index (κ3) is 2.62. The molecule has 0 unspecified atom stereocenters. The van der Waals surface area contributed by atoms with Crippen molar-refractivity contribution in [3.63, 3.8) is 0 Å². The number of anilines is 1. The summed E-state index contributed by atoms with van der Waals surface area (Å²) in [5.41, 5.74) is 6.27. The predicted octanol–water partition coefficient (Wildman–Crippen LogP) is 3.23. The van der Waals surface area contributed by atoms with Gasteiger partial charge in [-0.05, 0) is 25.1 Å². The highest BCUT2D eigenvalue weighted by molar-refractivity contribution is 8.01. The molecule has 1 heterocycles. The van der Waals surface area contributed by atoms with Crippen LogP contribution in [0.25, 0.3) is 0 Å². The first kappa shape index (κ1) is 10.7. The molecular weight excluding hydrogens is 250 g/mol. The number of nitrogens with zero attached hydrogens (tertiary/aromatic N) is 2. The fourth-order valence-electron chi connectivity index (χ4n) is 1.01. The zero-order chi connectivity index (χ0) is 10.8. The molecule has 0 saturated heterocycles. The Balaban J connectivity index is 2.24. The van der Waals surface area contributed by atoms with Crippen LogP contribution in [0.15, 0.2) is 27.4 Å². The summed E-state index contributed by atoms with van der Waals surface area (Å²) in [6.45, 7) is 1.92. The van der Waals surface area contributed by atoms with Crippen molar-refractivity contribution in [3.8, 4) is 0 Å². The van der Waals surface area contributed by atoms with E-state index in [9.17, 15) is 0 Å². The van der Waals surface area contributed by atoms with Gasteiger partial charge in [-0.15, -0.1) is 10.2 Å². The van der Waals surface area contributed by atoms with E-state index in [1.165, 1.54) is 11.8 Å². The molecule has 1 aromatic heterocycles. The van der Waals surface area contributed by atoms with Crippen molar-refractivity contribution in [3.05, 3.63) is 28.2 Å². The number of nitrogens with two attached hydrogens (primary N) is 1. The number of rotatable bonds is 2. The molecule has 0 aliphatic carbocycles. The van der Waals surface area contributed by atoms with Crippen molar-refractivity contribution in [2.45, 2.75) is 16.2 Å². The Labute approximate surface area is 101 Å². The van der Waals surface area contributed by atoms with Crippen LogP contribution in [0.3, 0.4) is 0 Å². The molecule has 6 heteroatoms. The Bertz CT molecular complexity index is 484. The number of benzene rings is 1. The summed E-state index contributed by atoms with van der Waals surface area (Å²) in [7, 11) is 0. The highest BCUT2D eigenvalue weighted by Gasteiger charge is 2.06. The molecule has 0 amide bonds. The maximum Gasteiger partial charge on any atom is 0.179 e. The number of hydrogen-bond donors (Lipinski definition) is 1. The van der Waals surface area contributed by atoms with Crippen LogP contribution >= 0.6 is 34.7 Å². The summed E-state index contributed by atoms with van der Waals surface area (Å²) >= 11 is 9.09. The van der Waals surface area contributed by atoms with E-state index in [4.69, 9.17) is 17.3 Å². The number of halogens is 1. The molecule has 3 nitrogen and oxygen atoms in total. The molecule has 2 rings (SSSR count). The van der Waals surface area contributed by atoms with Crippen molar-refractivity contribution < 1.29 is 0 Å². The van der Waals surface area contributed by atoms with E-state index in [0.717, 1.165) is 14.2 Å². The first-order chi connectivity index (χ1) is 7.15. The normalized spacial score (nSPS) is 10.5. The minimum absolute atomic E-state index is 0.646. The average Bonchev–Trinajstić information content (AvgIpc) is 2.56. The average molecular weight is 258 g/mol. The summed E-state index contributed by atoms with van der Waals surface area (Å²) in [5, 5.41) is 9.55. The molecule has 0 aliphatic rings. The van der Waals surface area contributed by atoms with Gasteiger partial charge in [0, 0.05) is 10.6 Å². The lowest BCUT2D eigenvalue weighted by Crippen LogP contribution is -1.84. The second kappa shape index (κ2) is 4.38. The molecule has 0 saturated carbocycles. The van der Waals surface area contributed by atoms with Crippen LogP contribution in [-0.2, 0) is 0 Å². The van der Waals surface area contributed by atoms with Crippen LogP contribution in [0.5, 0.6) is 0 Å². The SMILES string of the molecule is Cc1nnc(Sc2ccc(N)cc2Cl)s1. The van der Waals surface area contributed by atoms with Gasteiger partial charge >= 0.3 is 0 Å². The van der Waals surface area contributed by atoms with Crippen LogP contribution in [-0.4, -0.2) is 10.2 Å². The smallest absolute Gasteiger partial charge is 0.179 e. The van der Waals surface area contributed by atoms with E-state index in [0.29, 0.717) is 10.7 Å². The summed E-state index contributed by atoms with van der Waals surface area (Å²) in [6.07, 6.45) is 0. The van der Waals surface area contributed by atoms with Crippen LogP contribution in [0, 0.1) is 6.92 Å². The summed E-state index contributed by atoms with van der Waals surface area (Å²) in [4.78, 5) is 0.946. The van der Waals surface area contributed by atoms with Crippen molar-refractivity contribution >= 4 is 40.4 Å².